The van der Waals surface area contributed by atoms with Crippen molar-refractivity contribution >= 4 is 23.3 Å². The predicted octanol–water partition coefficient (Wildman–Crippen LogP) is 4.67. The van der Waals surface area contributed by atoms with Crippen molar-refractivity contribution in [2.45, 2.75) is 57.0 Å². The summed E-state index contributed by atoms with van der Waals surface area (Å²) in [6.45, 7) is 1.29. The van der Waals surface area contributed by atoms with E-state index in [1.165, 1.54) is 19.3 Å². The Balaban J connectivity index is 1.30. The van der Waals surface area contributed by atoms with Crippen molar-refractivity contribution in [2.24, 2.45) is 0 Å². The van der Waals surface area contributed by atoms with Gasteiger partial charge in [-0.3, -0.25) is 4.79 Å². The maximum Gasteiger partial charge on any atom is 0.315 e. The highest BCUT2D eigenvalue weighted by molar-refractivity contribution is 6.00. The maximum atomic E-state index is 13.2. The number of carbonyl (C=O) groups is 2. The Morgan fingerprint density at radius 3 is 2.06 bits per heavy atom. The molecule has 0 radical (unpaired) electrons. The van der Waals surface area contributed by atoms with Gasteiger partial charge in [0.1, 0.15) is 0 Å². The molecule has 1 saturated heterocycles. The molecular formula is C25H32N4O2. The number of hydrogen-bond donors (Lipinski definition) is 3. The quantitative estimate of drug-likeness (QED) is 0.658. The first-order valence-electron chi connectivity index (χ1n) is 11.5. The van der Waals surface area contributed by atoms with Crippen LogP contribution in [0.15, 0.2) is 54.6 Å². The van der Waals surface area contributed by atoms with Gasteiger partial charge in [0.15, 0.2) is 0 Å². The van der Waals surface area contributed by atoms with Gasteiger partial charge in [-0.15, -0.1) is 0 Å². The van der Waals surface area contributed by atoms with Crippen molar-refractivity contribution in [3.05, 3.63) is 60.2 Å². The van der Waals surface area contributed by atoms with E-state index in [4.69, 9.17) is 0 Å². The molecular weight excluding hydrogens is 388 g/mol. The molecule has 1 saturated carbocycles. The number of para-hydroxylation sites is 2. The molecule has 4 rings (SSSR count). The molecule has 1 aliphatic heterocycles. The van der Waals surface area contributed by atoms with Crippen molar-refractivity contribution in [3.63, 3.8) is 0 Å². The molecule has 3 amide bonds. The van der Waals surface area contributed by atoms with E-state index < -0.39 is 0 Å². The van der Waals surface area contributed by atoms with Gasteiger partial charge in [-0.1, -0.05) is 49.6 Å². The lowest BCUT2D eigenvalue weighted by molar-refractivity contribution is 0.0709. The van der Waals surface area contributed by atoms with E-state index in [0.29, 0.717) is 24.7 Å². The number of benzene rings is 2. The van der Waals surface area contributed by atoms with Gasteiger partial charge < -0.3 is 20.9 Å². The van der Waals surface area contributed by atoms with Crippen LogP contribution < -0.4 is 16.0 Å². The molecule has 1 heterocycles. The maximum absolute atomic E-state index is 13.2. The Bertz CT molecular complexity index is 872. The molecule has 6 heteroatoms. The highest BCUT2D eigenvalue weighted by atomic mass is 16.2. The second-order valence-electron chi connectivity index (χ2n) is 8.56. The molecule has 0 aromatic heterocycles. The SMILES string of the molecule is O=C(NC1CCCCC1)NC1CCN(C(=O)c2ccccc2Nc2ccccc2)CC1. The number of nitrogens with zero attached hydrogens (tertiary/aromatic N) is 1. The lowest BCUT2D eigenvalue weighted by Crippen LogP contribution is -2.51. The van der Waals surface area contributed by atoms with Crippen molar-refractivity contribution in [2.75, 3.05) is 18.4 Å². The van der Waals surface area contributed by atoms with E-state index in [1.54, 1.807) is 0 Å². The zero-order valence-electron chi connectivity index (χ0n) is 18.0. The number of likely N-dealkylation sites (tertiary alicyclic amines) is 1. The number of hydrogen-bond acceptors (Lipinski definition) is 3. The molecule has 0 bridgehead atoms. The van der Waals surface area contributed by atoms with Crippen molar-refractivity contribution in [3.8, 4) is 0 Å². The van der Waals surface area contributed by atoms with Crippen LogP contribution in [0, 0.1) is 0 Å². The summed E-state index contributed by atoms with van der Waals surface area (Å²) in [5, 5.41) is 9.58. The van der Waals surface area contributed by atoms with Gasteiger partial charge in [0, 0.05) is 30.9 Å². The number of nitrogens with one attached hydrogen (secondary N) is 3. The van der Waals surface area contributed by atoms with Gasteiger partial charge in [0.05, 0.1) is 11.3 Å². The molecule has 2 aromatic rings. The van der Waals surface area contributed by atoms with Gasteiger partial charge in [0.2, 0.25) is 0 Å². The summed E-state index contributed by atoms with van der Waals surface area (Å²) >= 11 is 0. The second kappa shape index (κ2) is 10.3. The first-order chi connectivity index (χ1) is 15.2. The minimum absolute atomic E-state index is 0.0316. The Hall–Kier alpha value is -3.02. The van der Waals surface area contributed by atoms with Crippen LogP contribution in [0.2, 0.25) is 0 Å². The van der Waals surface area contributed by atoms with Crippen LogP contribution in [0.1, 0.15) is 55.3 Å². The van der Waals surface area contributed by atoms with E-state index in [2.05, 4.69) is 16.0 Å². The number of carbonyl (C=O) groups excluding carboxylic acids is 2. The normalized spacial score (nSPS) is 17.7. The lowest BCUT2D eigenvalue weighted by atomic mass is 9.96. The van der Waals surface area contributed by atoms with Crippen LogP contribution in [0.4, 0.5) is 16.2 Å². The molecule has 0 unspecified atom stereocenters. The molecule has 0 spiro atoms. The van der Waals surface area contributed by atoms with Crippen molar-refractivity contribution in [1.82, 2.24) is 15.5 Å². The molecule has 1 aliphatic carbocycles. The van der Waals surface area contributed by atoms with E-state index >= 15 is 0 Å². The van der Waals surface area contributed by atoms with Crippen LogP contribution in [-0.2, 0) is 0 Å². The topological polar surface area (TPSA) is 73.5 Å². The summed E-state index contributed by atoms with van der Waals surface area (Å²) in [7, 11) is 0. The van der Waals surface area contributed by atoms with Gasteiger partial charge in [-0.05, 0) is 49.9 Å². The average molecular weight is 421 g/mol. The number of urea groups is 1. The number of rotatable bonds is 5. The fourth-order valence-electron chi connectivity index (χ4n) is 4.51. The van der Waals surface area contributed by atoms with Crippen molar-refractivity contribution < 1.29 is 9.59 Å². The van der Waals surface area contributed by atoms with Crippen molar-refractivity contribution in [1.29, 1.82) is 0 Å². The molecule has 0 atom stereocenters. The minimum atomic E-state index is -0.0610. The summed E-state index contributed by atoms with van der Waals surface area (Å²) < 4.78 is 0. The molecule has 2 fully saturated rings. The van der Waals surface area contributed by atoms with Crippen LogP contribution in [0.3, 0.4) is 0 Å². The largest absolute Gasteiger partial charge is 0.355 e. The third-order valence-electron chi connectivity index (χ3n) is 6.27. The molecule has 3 N–H and O–H groups in total. The van der Waals surface area contributed by atoms with E-state index in [9.17, 15) is 9.59 Å². The highest BCUT2D eigenvalue weighted by Crippen LogP contribution is 2.24. The van der Waals surface area contributed by atoms with Gasteiger partial charge >= 0.3 is 6.03 Å². The third-order valence-corrected chi connectivity index (χ3v) is 6.27. The monoisotopic (exact) mass is 420 g/mol. The molecule has 31 heavy (non-hydrogen) atoms. The van der Waals surface area contributed by atoms with Gasteiger partial charge in [-0.25, -0.2) is 4.79 Å². The number of piperidine rings is 1. The fraction of sp³-hybridized carbons (Fsp3) is 0.440. The predicted molar refractivity (Wildman–Crippen MR) is 124 cm³/mol. The van der Waals surface area contributed by atoms with Crippen LogP contribution >= 0.6 is 0 Å². The van der Waals surface area contributed by atoms with Crippen LogP contribution in [0.5, 0.6) is 0 Å². The first-order valence-corrected chi connectivity index (χ1v) is 11.5. The van der Waals surface area contributed by atoms with Gasteiger partial charge in [0.25, 0.3) is 5.91 Å². The summed E-state index contributed by atoms with van der Waals surface area (Å²) in [6, 6.07) is 17.9. The average Bonchev–Trinajstić information content (AvgIpc) is 2.81. The van der Waals surface area contributed by atoms with Gasteiger partial charge in [-0.2, -0.15) is 0 Å². The zero-order chi connectivity index (χ0) is 21.5. The van der Waals surface area contributed by atoms with E-state index in [0.717, 1.165) is 37.1 Å². The smallest absolute Gasteiger partial charge is 0.315 e. The number of amides is 3. The summed E-state index contributed by atoms with van der Waals surface area (Å²) in [5.74, 6) is 0.0316. The van der Waals surface area contributed by atoms with E-state index in [1.807, 2.05) is 59.5 Å². The third kappa shape index (κ3) is 5.78. The lowest BCUT2D eigenvalue weighted by Gasteiger charge is -2.33. The Kier molecular flexibility index (Phi) is 7.07. The Labute approximate surface area is 184 Å². The Morgan fingerprint density at radius 2 is 1.35 bits per heavy atom. The second-order valence-corrected chi connectivity index (χ2v) is 8.56. The minimum Gasteiger partial charge on any atom is -0.355 e. The summed E-state index contributed by atoms with van der Waals surface area (Å²) in [6.07, 6.45) is 7.39. The summed E-state index contributed by atoms with van der Waals surface area (Å²) in [5.41, 5.74) is 2.44. The highest BCUT2D eigenvalue weighted by Gasteiger charge is 2.26. The molecule has 2 aromatic carbocycles. The van der Waals surface area contributed by atoms with E-state index in [-0.39, 0.29) is 18.0 Å². The first kappa shape index (κ1) is 21.2. The van der Waals surface area contributed by atoms with Crippen LogP contribution in [0.25, 0.3) is 0 Å². The standard InChI is InChI=1S/C25H32N4O2/c30-24(22-13-7-8-14-23(22)26-19-9-3-1-4-10-19)29-17-15-21(16-18-29)28-25(31)27-20-11-5-2-6-12-20/h1,3-4,7-10,13-14,20-21,26H,2,5-6,11-12,15-18H2,(H2,27,28,31). The molecule has 164 valence electrons. The number of anilines is 2. The molecule has 6 nitrogen and oxygen atoms in total. The fourth-order valence-corrected chi connectivity index (χ4v) is 4.51. The Morgan fingerprint density at radius 1 is 0.742 bits per heavy atom. The van der Waals surface area contributed by atoms with Crippen LogP contribution in [-0.4, -0.2) is 42.0 Å². The molecule has 2 aliphatic rings. The zero-order valence-corrected chi connectivity index (χ0v) is 18.0. The summed E-state index contributed by atoms with van der Waals surface area (Å²) in [4.78, 5) is 27.4.